The molecule has 4 N–H and O–H groups in total. The summed E-state index contributed by atoms with van der Waals surface area (Å²) in [5.74, 6) is 6.23. The normalized spacial score (nSPS) is 17.2. The predicted octanol–water partition coefficient (Wildman–Crippen LogP) is 7.77. The molecule has 0 spiro atoms. The lowest BCUT2D eigenvalue weighted by Gasteiger charge is -2.37. The van der Waals surface area contributed by atoms with Crippen LogP contribution in [0.15, 0.2) is 83.1 Å². The van der Waals surface area contributed by atoms with E-state index in [1.54, 1.807) is 19.9 Å². The Bertz CT molecular complexity index is 1480. The van der Waals surface area contributed by atoms with E-state index in [2.05, 4.69) is 36.0 Å². The van der Waals surface area contributed by atoms with Crippen LogP contribution < -0.4 is 0 Å². The van der Waals surface area contributed by atoms with Crippen LogP contribution >= 0.6 is 0 Å². The number of allylic oxidation sites excluding steroid dienone is 1. The van der Waals surface area contributed by atoms with E-state index in [-0.39, 0.29) is 0 Å². The minimum atomic E-state index is -1.22. The lowest BCUT2D eigenvalue weighted by Crippen LogP contribution is -2.45. The summed E-state index contributed by atoms with van der Waals surface area (Å²) in [6, 6.07) is 21.5. The highest BCUT2D eigenvalue weighted by molar-refractivity contribution is 5.98. The Labute approximate surface area is 250 Å². The third kappa shape index (κ3) is 8.76. The number of benzene rings is 3. The summed E-state index contributed by atoms with van der Waals surface area (Å²) in [6.45, 7) is 11.8. The first-order chi connectivity index (χ1) is 20.1. The van der Waals surface area contributed by atoms with Crippen molar-refractivity contribution in [3.63, 3.8) is 0 Å². The topological polar surface area (TPSA) is 109 Å². The van der Waals surface area contributed by atoms with Crippen LogP contribution in [0.5, 0.6) is 0 Å². The van der Waals surface area contributed by atoms with Crippen LogP contribution in [0.3, 0.4) is 0 Å². The molecule has 6 heteroatoms. The molecule has 4 rings (SSSR count). The molecule has 42 heavy (non-hydrogen) atoms. The zero-order chi connectivity index (χ0) is 31.2. The molecule has 2 unspecified atom stereocenters. The fraction of sp³-hybridized carbons (Fsp3) is 0.306. The van der Waals surface area contributed by atoms with Gasteiger partial charge in [0, 0.05) is 17.2 Å². The SMILES string of the molecule is C/C(=N\O)c1ccc2c(c1)CCC2(C)C(C)(O)C#Cc1ccc(/C=N/O)cc1C.CCC.N=C/C=C/c1ccccc1. The van der Waals surface area contributed by atoms with E-state index in [9.17, 15) is 5.11 Å². The summed E-state index contributed by atoms with van der Waals surface area (Å²) >= 11 is 0. The van der Waals surface area contributed by atoms with Crippen LogP contribution in [0.2, 0.25) is 0 Å². The molecule has 1 aliphatic rings. The summed E-state index contributed by atoms with van der Waals surface area (Å²) in [5, 5.41) is 42.1. The van der Waals surface area contributed by atoms with Crippen molar-refractivity contribution >= 4 is 24.2 Å². The third-order valence-corrected chi connectivity index (χ3v) is 7.32. The van der Waals surface area contributed by atoms with Gasteiger partial charge in [0.05, 0.1) is 11.9 Å². The molecule has 1 aliphatic carbocycles. The predicted molar refractivity (Wildman–Crippen MR) is 174 cm³/mol. The van der Waals surface area contributed by atoms with E-state index >= 15 is 0 Å². The third-order valence-electron chi connectivity index (χ3n) is 7.32. The Morgan fingerprint density at radius 1 is 1.05 bits per heavy atom. The fourth-order valence-electron chi connectivity index (χ4n) is 4.67. The molecule has 0 heterocycles. The number of nitrogens with one attached hydrogen (secondary N) is 1. The monoisotopic (exact) mass is 565 g/mol. The molecule has 0 amide bonds. The molecule has 0 radical (unpaired) electrons. The zero-order valence-corrected chi connectivity index (χ0v) is 25.5. The van der Waals surface area contributed by atoms with Gasteiger partial charge in [0.25, 0.3) is 0 Å². The second-order valence-electron chi connectivity index (χ2n) is 10.7. The van der Waals surface area contributed by atoms with E-state index in [1.165, 1.54) is 18.9 Å². The number of aliphatic hydroxyl groups is 1. The largest absolute Gasteiger partial charge is 0.411 e. The molecular formula is C36H43N3O3. The number of nitrogens with zero attached hydrogens (tertiary/aromatic N) is 2. The molecular weight excluding hydrogens is 522 g/mol. The van der Waals surface area contributed by atoms with Gasteiger partial charge in [-0.15, -0.1) is 0 Å². The lowest BCUT2D eigenvalue weighted by atomic mass is 9.70. The lowest BCUT2D eigenvalue weighted by molar-refractivity contribution is 0.0394. The Kier molecular flexibility index (Phi) is 12.9. The van der Waals surface area contributed by atoms with Gasteiger partial charge in [-0.05, 0) is 91.3 Å². The highest BCUT2D eigenvalue weighted by Crippen LogP contribution is 2.46. The Morgan fingerprint density at radius 2 is 1.74 bits per heavy atom. The molecule has 0 bridgehead atoms. The van der Waals surface area contributed by atoms with Crippen LogP contribution in [-0.4, -0.2) is 39.3 Å². The molecule has 220 valence electrons. The van der Waals surface area contributed by atoms with Gasteiger partial charge in [-0.1, -0.05) is 104 Å². The fourth-order valence-corrected chi connectivity index (χ4v) is 4.67. The Balaban J connectivity index is 0.000000394. The Hall–Kier alpha value is -4.47. The molecule has 0 aliphatic heterocycles. The molecule has 2 atom stereocenters. The first-order valence-electron chi connectivity index (χ1n) is 14.1. The summed E-state index contributed by atoms with van der Waals surface area (Å²) in [7, 11) is 0. The smallest absolute Gasteiger partial charge is 0.132 e. The maximum atomic E-state index is 11.3. The zero-order valence-electron chi connectivity index (χ0n) is 25.5. The van der Waals surface area contributed by atoms with Gasteiger partial charge >= 0.3 is 0 Å². The minimum absolute atomic E-state index is 0.504. The van der Waals surface area contributed by atoms with Crippen molar-refractivity contribution in [3.8, 4) is 11.8 Å². The van der Waals surface area contributed by atoms with E-state index < -0.39 is 11.0 Å². The van der Waals surface area contributed by atoms with Crippen molar-refractivity contribution in [2.75, 3.05) is 0 Å². The van der Waals surface area contributed by atoms with E-state index in [0.717, 1.165) is 51.8 Å². The molecule has 3 aromatic carbocycles. The first-order valence-corrected chi connectivity index (χ1v) is 14.1. The van der Waals surface area contributed by atoms with Crippen molar-refractivity contribution in [2.45, 2.75) is 71.8 Å². The molecule has 0 saturated carbocycles. The highest BCUT2D eigenvalue weighted by atomic mass is 16.4. The van der Waals surface area contributed by atoms with Gasteiger partial charge in [0.15, 0.2) is 0 Å². The second-order valence-corrected chi connectivity index (χ2v) is 10.7. The summed E-state index contributed by atoms with van der Waals surface area (Å²) in [4.78, 5) is 0. The minimum Gasteiger partial charge on any atom is -0.411 e. The van der Waals surface area contributed by atoms with Crippen LogP contribution in [0.4, 0.5) is 0 Å². The maximum Gasteiger partial charge on any atom is 0.132 e. The number of rotatable bonds is 5. The van der Waals surface area contributed by atoms with Crippen LogP contribution in [0.1, 0.15) is 86.4 Å². The van der Waals surface area contributed by atoms with Gasteiger partial charge in [0.1, 0.15) is 5.60 Å². The van der Waals surface area contributed by atoms with Crippen molar-refractivity contribution < 1.29 is 15.5 Å². The molecule has 0 aromatic heterocycles. The van der Waals surface area contributed by atoms with E-state index in [1.807, 2.05) is 86.7 Å². The van der Waals surface area contributed by atoms with Crippen molar-refractivity contribution in [1.29, 1.82) is 5.41 Å². The first kappa shape index (κ1) is 33.7. The molecule has 0 saturated heterocycles. The van der Waals surface area contributed by atoms with Gasteiger partial charge in [-0.2, -0.15) is 0 Å². The summed E-state index contributed by atoms with van der Waals surface area (Å²) in [6.07, 6.45) is 9.11. The number of aryl methyl sites for hydroxylation is 2. The van der Waals surface area contributed by atoms with Crippen LogP contribution in [-0.2, 0) is 11.8 Å². The molecule has 3 aromatic rings. The highest BCUT2D eigenvalue weighted by Gasteiger charge is 2.47. The average Bonchev–Trinajstić information content (AvgIpc) is 3.34. The quantitative estimate of drug-likeness (QED) is 0.110. The van der Waals surface area contributed by atoms with Gasteiger partial charge in [-0.25, -0.2) is 0 Å². The van der Waals surface area contributed by atoms with Crippen molar-refractivity contribution in [2.24, 2.45) is 10.3 Å². The van der Waals surface area contributed by atoms with E-state index in [0.29, 0.717) is 5.71 Å². The standard InChI is InChI=1S/C24H26N2O3.C9H9N.C3H8/c1-16-13-18(15-25-28)5-6-19(16)10-12-24(4,27)23(3)11-9-21-14-20(17(2)26-29)7-8-22(21)23;10-8-4-7-9-5-2-1-3-6-9;1-3-2/h5-8,13-15,27-29H,9,11H2,1-4H3;1-8,10H;3H2,1-2H3/b25-15+,26-17+;7-4+,10-8?;. The maximum absolute atomic E-state index is 11.3. The van der Waals surface area contributed by atoms with Crippen LogP contribution in [0, 0.1) is 24.2 Å². The van der Waals surface area contributed by atoms with Crippen molar-refractivity contribution in [3.05, 3.63) is 112 Å². The average molecular weight is 566 g/mol. The van der Waals surface area contributed by atoms with E-state index in [4.69, 9.17) is 15.8 Å². The Morgan fingerprint density at radius 3 is 2.33 bits per heavy atom. The number of oxime groups is 2. The number of hydrogen-bond donors (Lipinski definition) is 4. The van der Waals surface area contributed by atoms with Gasteiger partial charge < -0.3 is 20.9 Å². The number of hydrogen-bond acceptors (Lipinski definition) is 6. The van der Waals surface area contributed by atoms with Gasteiger partial charge in [0.2, 0.25) is 0 Å². The summed E-state index contributed by atoms with van der Waals surface area (Å²) < 4.78 is 0. The number of fused-ring (bicyclic) bond motifs is 1. The second kappa shape index (κ2) is 16.1. The molecule has 0 fully saturated rings. The summed E-state index contributed by atoms with van der Waals surface area (Å²) in [5.41, 5.74) is 5.64. The van der Waals surface area contributed by atoms with Crippen LogP contribution in [0.25, 0.3) is 6.08 Å². The van der Waals surface area contributed by atoms with Crippen molar-refractivity contribution in [1.82, 2.24) is 0 Å². The molecule has 6 nitrogen and oxygen atoms in total. The van der Waals surface area contributed by atoms with Gasteiger partial charge in [-0.3, -0.25) is 0 Å².